The quantitative estimate of drug-likeness (QED) is 0.782. The van der Waals surface area contributed by atoms with Crippen molar-refractivity contribution >= 4 is 0 Å². The molecule has 0 aliphatic carbocycles. The molecule has 0 aliphatic heterocycles. The van der Waals surface area contributed by atoms with Gasteiger partial charge in [0.25, 0.3) is 0 Å². The Bertz CT molecular complexity index is 419. The Balaban J connectivity index is 2.78. The van der Waals surface area contributed by atoms with Crippen molar-refractivity contribution in [3.05, 3.63) is 29.3 Å². The standard InChI is InChI=1S/C14H21F3N2O/c1-18-10-11-5-6-13(12(9-11)14(15,16)17)20-8-4-7-19(2)3/h5-6,9,18H,4,7-8,10H2,1-3H3. The van der Waals surface area contributed by atoms with Crippen molar-refractivity contribution in [3.63, 3.8) is 0 Å². The van der Waals surface area contributed by atoms with Crippen LogP contribution in [-0.4, -0.2) is 39.2 Å². The third-order valence-electron chi connectivity index (χ3n) is 2.74. The molecule has 0 spiro atoms. The van der Waals surface area contributed by atoms with E-state index in [4.69, 9.17) is 4.74 Å². The van der Waals surface area contributed by atoms with Gasteiger partial charge in [0, 0.05) is 13.1 Å². The molecule has 1 aromatic carbocycles. The Kier molecular flexibility index (Phi) is 6.29. The first-order chi connectivity index (χ1) is 9.34. The van der Waals surface area contributed by atoms with Gasteiger partial charge in [-0.05, 0) is 45.3 Å². The molecule has 0 fully saturated rings. The minimum absolute atomic E-state index is 0.101. The molecule has 1 N–H and O–H groups in total. The van der Waals surface area contributed by atoms with Crippen LogP contribution in [0.1, 0.15) is 17.5 Å². The summed E-state index contributed by atoms with van der Waals surface area (Å²) >= 11 is 0. The summed E-state index contributed by atoms with van der Waals surface area (Å²) in [6.45, 7) is 1.44. The lowest BCUT2D eigenvalue weighted by molar-refractivity contribution is -0.139. The Hall–Kier alpha value is -1.27. The molecule has 6 heteroatoms. The molecule has 0 aliphatic rings. The normalized spacial score (nSPS) is 11.9. The lowest BCUT2D eigenvalue weighted by Crippen LogP contribution is -2.17. The van der Waals surface area contributed by atoms with E-state index in [0.29, 0.717) is 18.5 Å². The molecule has 0 heterocycles. The van der Waals surface area contributed by atoms with Gasteiger partial charge >= 0.3 is 6.18 Å². The van der Waals surface area contributed by atoms with Gasteiger partial charge in [0.15, 0.2) is 0 Å². The number of halogens is 3. The van der Waals surface area contributed by atoms with Crippen LogP contribution < -0.4 is 10.1 Å². The molecule has 1 rings (SSSR count). The molecule has 0 radical (unpaired) electrons. The summed E-state index contributed by atoms with van der Waals surface area (Å²) in [4.78, 5) is 1.96. The number of benzene rings is 1. The Morgan fingerprint density at radius 3 is 2.50 bits per heavy atom. The van der Waals surface area contributed by atoms with Gasteiger partial charge in [0.05, 0.1) is 12.2 Å². The zero-order chi connectivity index (χ0) is 15.2. The van der Waals surface area contributed by atoms with Gasteiger partial charge in [-0.3, -0.25) is 0 Å². The molecule has 0 atom stereocenters. The predicted octanol–water partition coefficient (Wildman–Crippen LogP) is 2.76. The van der Waals surface area contributed by atoms with Gasteiger partial charge in [-0.25, -0.2) is 0 Å². The molecule has 0 bridgehead atoms. The predicted molar refractivity (Wildman–Crippen MR) is 72.9 cm³/mol. The first kappa shape index (κ1) is 16.8. The van der Waals surface area contributed by atoms with Gasteiger partial charge in [-0.15, -0.1) is 0 Å². The number of nitrogens with one attached hydrogen (secondary N) is 1. The molecular formula is C14H21F3N2O. The summed E-state index contributed by atoms with van der Waals surface area (Å²) < 4.78 is 44.3. The monoisotopic (exact) mass is 290 g/mol. The number of hydrogen-bond acceptors (Lipinski definition) is 3. The van der Waals surface area contributed by atoms with Crippen LogP contribution in [0.25, 0.3) is 0 Å². The first-order valence-electron chi connectivity index (χ1n) is 6.47. The van der Waals surface area contributed by atoms with E-state index in [0.717, 1.165) is 12.6 Å². The van der Waals surface area contributed by atoms with Crippen LogP contribution in [0.15, 0.2) is 18.2 Å². The zero-order valence-electron chi connectivity index (χ0n) is 12.0. The summed E-state index contributed by atoms with van der Waals surface area (Å²) in [5.41, 5.74) is -0.129. The maximum absolute atomic E-state index is 13.0. The average Bonchev–Trinajstić information content (AvgIpc) is 2.34. The number of alkyl halides is 3. The van der Waals surface area contributed by atoms with Crippen molar-refractivity contribution < 1.29 is 17.9 Å². The lowest BCUT2D eigenvalue weighted by atomic mass is 10.1. The fraction of sp³-hybridized carbons (Fsp3) is 0.571. The van der Waals surface area contributed by atoms with Crippen LogP contribution in [-0.2, 0) is 12.7 Å². The van der Waals surface area contributed by atoms with E-state index in [9.17, 15) is 13.2 Å². The largest absolute Gasteiger partial charge is 0.493 e. The van der Waals surface area contributed by atoms with Crippen molar-refractivity contribution in [2.45, 2.75) is 19.1 Å². The Morgan fingerprint density at radius 2 is 1.95 bits per heavy atom. The SMILES string of the molecule is CNCc1ccc(OCCCN(C)C)c(C(F)(F)F)c1. The van der Waals surface area contributed by atoms with Crippen LogP contribution in [0.5, 0.6) is 5.75 Å². The third kappa shape index (κ3) is 5.38. The topological polar surface area (TPSA) is 24.5 Å². The number of rotatable bonds is 7. The number of ether oxygens (including phenoxy) is 1. The highest BCUT2D eigenvalue weighted by atomic mass is 19.4. The van der Waals surface area contributed by atoms with Crippen LogP contribution >= 0.6 is 0 Å². The third-order valence-corrected chi connectivity index (χ3v) is 2.74. The molecule has 1 aromatic rings. The average molecular weight is 290 g/mol. The minimum atomic E-state index is -4.40. The van der Waals surface area contributed by atoms with E-state index < -0.39 is 11.7 Å². The minimum Gasteiger partial charge on any atom is -0.493 e. The van der Waals surface area contributed by atoms with Gasteiger partial charge in [-0.1, -0.05) is 6.07 Å². The maximum Gasteiger partial charge on any atom is 0.419 e. The highest BCUT2D eigenvalue weighted by Gasteiger charge is 2.34. The van der Waals surface area contributed by atoms with Crippen molar-refractivity contribution in [1.82, 2.24) is 10.2 Å². The molecule has 3 nitrogen and oxygen atoms in total. The lowest BCUT2D eigenvalue weighted by Gasteiger charge is -2.16. The van der Waals surface area contributed by atoms with Crippen LogP contribution in [0, 0.1) is 0 Å². The smallest absolute Gasteiger partial charge is 0.419 e. The van der Waals surface area contributed by atoms with E-state index in [2.05, 4.69) is 5.32 Å². The van der Waals surface area contributed by atoms with E-state index in [1.54, 1.807) is 13.1 Å². The van der Waals surface area contributed by atoms with Crippen LogP contribution in [0.3, 0.4) is 0 Å². The summed E-state index contributed by atoms with van der Waals surface area (Å²) in [5.74, 6) is -0.101. The maximum atomic E-state index is 13.0. The van der Waals surface area contributed by atoms with Crippen molar-refractivity contribution in [2.75, 3.05) is 34.3 Å². The second-order valence-corrected chi connectivity index (χ2v) is 4.86. The number of hydrogen-bond donors (Lipinski definition) is 1. The molecule has 0 saturated heterocycles. The summed E-state index contributed by atoms with van der Waals surface area (Å²) in [6, 6.07) is 4.18. The van der Waals surface area contributed by atoms with Crippen LogP contribution in [0.2, 0.25) is 0 Å². The fourth-order valence-corrected chi connectivity index (χ4v) is 1.80. The van der Waals surface area contributed by atoms with Crippen LogP contribution in [0.4, 0.5) is 13.2 Å². The van der Waals surface area contributed by atoms with Gasteiger partial charge in [-0.2, -0.15) is 13.2 Å². The van der Waals surface area contributed by atoms with Crippen molar-refractivity contribution in [3.8, 4) is 5.75 Å². The van der Waals surface area contributed by atoms with Crippen molar-refractivity contribution in [2.24, 2.45) is 0 Å². The highest BCUT2D eigenvalue weighted by molar-refractivity contribution is 5.39. The summed E-state index contributed by atoms with van der Waals surface area (Å²) in [6.07, 6.45) is -3.72. The molecule has 0 saturated carbocycles. The first-order valence-corrected chi connectivity index (χ1v) is 6.47. The summed E-state index contributed by atoms with van der Waals surface area (Å²) in [5, 5.41) is 2.83. The fourth-order valence-electron chi connectivity index (χ4n) is 1.80. The number of nitrogens with zero attached hydrogens (tertiary/aromatic N) is 1. The molecular weight excluding hydrogens is 269 g/mol. The van der Waals surface area contributed by atoms with E-state index in [-0.39, 0.29) is 12.4 Å². The Labute approximate surface area is 117 Å². The summed E-state index contributed by atoms with van der Waals surface area (Å²) in [7, 11) is 5.51. The second-order valence-electron chi connectivity index (χ2n) is 4.86. The van der Waals surface area contributed by atoms with E-state index in [1.807, 2.05) is 19.0 Å². The van der Waals surface area contributed by atoms with Gasteiger partial charge < -0.3 is 15.0 Å². The Morgan fingerprint density at radius 1 is 1.25 bits per heavy atom. The van der Waals surface area contributed by atoms with E-state index >= 15 is 0 Å². The van der Waals surface area contributed by atoms with E-state index in [1.165, 1.54) is 6.07 Å². The zero-order valence-corrected chi connectivity index (χ0v) is 12.0. The van der Waals surface area contributed by atoms with Gasteiger partial charge in [0.2, 0.25) is 0 Å². The molecule has 114 valence electrons. The molecule has 0 unspecified atom stereocenters. The van der Waals surface area contributed by atoms with Gasteiger partial charge in [0.1, 0.15) is 5.75 Å². The highest BCUT2D eigenvalue weighted by Crippen LogP contribution is 2.36. The molecule has 0 aromatic heterocycles. The molecule has 0 amide bonds. The van der Waals surface area contributed by atoms with Crippen molar-refractivity contribution in [1.29, 1.82) is 0 Å². The second kappa shape index (κ2) is 7.50. The molecule has 20 heavy (non-hydrogen) atoms.